The van der Waals surface area contributed by atoms with Gasteiger partial charge in [0.15, 0.2) is 5.96 Å². The fourth-order valence-corrected chi connectivity index (χ4v) is 2.85. The normalized spacial score (nSPS) is 11.3. The first-order chi connectivity index (χ1) is 12.8. The number of nitrogens with zero attached hydrogens (tertiary/aromatic N) is 4. The first kappa shape index (κ1) is 23.4. The van der Waals surface area contributed by atoms with E-state index in [9.17, 15) is 0 Å². The van der Waals surface area contributed by atoms with Crippen LogP contribution in [0.15, 0.2) is 47.7 Å². The van der Waals surface area contributed by atoms with Gasteiger partial charge < -0.3 is 10.6 Å². The lowest BCUT2D eigenvalue weighted by Gasteiger charge is -2.20. The van der Waals surface area contributed by atoms with Crippen molar-refractivity contribution in [3.05, 3.63) is 53.9 Å². The van der Waals surface area contributed by atoms with Crippen LogP contribution in [0.5, 0.6) is 0 Å². The Balaban J connectivity index is 0.00000364. The topological polar surface area (TPSA) is 57.5 Å². The number of benzene rings is 1. The minimum Gasteiger partial charge on any atom is -0.356 e. The van der Waals surface area contributed by atoms with Crippen LogP contribution in [0.25, 0.3) is 0 Å². The summed E-state index contributed by atoms with van der Waals surface area (Å²) in [5.74, 6) is 0.836. The summed E-state index contributed by atoms with van der Waals surface area (Å²) in [5, 5.41) is 11.0. The molecule has 27 heavy (non-hydrogen) atoms. The van der Waals surface area contributed by atoms with E-state index < -0.39 is 0 Å². The summed E-state index contributed by atoms with van der Waals surface area (Å²) in [5.41, 5.74) is 2.69. The Morgan fingerprint density at radius 3 is 2.48 bits per heavy atom. The van der Waals surface area contributed by atoms with Crippen LogP contribution in [-0.2, 0) is 19.6 Å². The predicted octanol–water partition coefficient (Wildman–Crippen LogP) is 3.10. The third-order valence-electron chi connectivity index (χ3n) is 4.49. The summed E-state index contributed by atoms with van der Waals surface area (Å²) in [6.07, 6.45) is 4.80. The van der Waals surface area contributed by atoms with Crippen LogP contribution in [0.1, 0.15) is 31.4 Å². The van der Waals surface area contributed by atoms with Crippen molar-refractivity contribution in [1.82, 2.24) is 25.3 Å². The maximum absolute atomic E-state index is 4.32. The summed E-state index contributed by atoms with van der Waals surface area (Å²) in [4.78, 5) is 6.75. The van der Waals surface area contributed by atoms with Crippen LogP contribution in [-0.4, -0.2) is 47.3 Å². The lowest BCUT2D eigenvalue weighted by Crippen LogP contribution is -2.37. The number of aromatic nitrogens is 2. The van der Waals surface area contributed by atoms with Crippen LogP contribution in [0.3, 0.4) is 0 Å². The highest BCUT2D eigenvalue weighted by atomic mass is 127. The van der Waals surface area contributed by atoms with Crippen molar-refractivity contribution in [3.63, 3.8) is 0 Å². The van der Waals surface area contributed by atoms with E-state index >= 15 is 0 Å². The van der Waals surface area contributed by atoms with E-state index in [1.54, 1.807) is 0 Å². The van der Waals surface area contributed by atoms with Crippen molar-refractivity contribution in [1.29, 1.82) is 0 Å². The molecule has 0 bridgehead atoms. The Labute approximate surface area is 180 Å². The minimum absolute atomic E-state index is 0. The summed E-state index contributed by atoms with van der Waals surface area (Å²) < 4.78 is 1.95. The largest absolute Gasteiger partial charge is 0.356 e. The van der Waals surface area contributed by atoms with Crippen LogP contribution in [0.4, 0.5) is 0 Å². The molecule has 0 unspecified atom stereocenters. The molecule has 7 heteroatoms. The van der Waals surface area contributed by atoms with E-state index in [2.05, 4.69) is 63.7 Å². The van der Waals surface area contributed by atoms with Gasteiger partial charge in [0.1, 0.15) is 0 Å². The predicted molar refractivity (Wildman–Crippen MR) is 124 cm³/mol. The van der Waals surface area contributed by atoms with Crippen LogP contribution < -0.4 is 10.6 Å². The van der Waals surface area contributed by atoms with Gasteiger partial charge in [0.25, 0.3) is 0 Å². The number of rotatable bonds is 10. The van der Waals surface area contributed by atoms with E-state index in [1.807, 2.05) is 30.2 Å². The average Bonchev–Trinajstić information content (AvgIpc) is 3.20. The number of guanidine groups is 1. The highest BCUT2D eigenvalue weighted by Gasteiger charge is 2.07. The van der Waals surface area contributed by atoms with Gasteiger partial charge in [0.2, 0.25) is 0 Å². The minimum atomic E-state index is 0. The van der Waals surface area contributed by atoms with Crippen LogP contribution in [0, 0.1) is 0 Å². The molecule has 1 aromatic carbocycles. The van der Waals surface area contributed by atoms with Crippen molar-refractivity contribution < 1.29 is 0 Å². The van der Waals surface area contributed by atoms with Gasteiger partial charge in [-0.2, -0.15) is 5.10 Å². The van der Waals surface area contributed by atoms with Gasteiger partial charge in [-0.1, -0.05) is 38.1 Å². The molecule has 2 N–H and O–H groups in total. The molecule has 1 heterocycles. The average molecular weight is 484 g/mol. The summed E-state index contributed by atoms with van der Waals surface area (Å²) in [6.45, 7) is 10.1. The van der Waals surface area contributed by atoms with Crippen molar-refractivity contribution in [2.45, 2.75) is 39.9 Å². The molecule has 0 aliphatic rings. The summed E-state index contributed by atoms with van der Waals surface area (Å²) in [7, 11) is 1.81. The maximum atomic E-state index is 4.32. The zero-order chi connectivity index (χ0) is 18.6. The zero-order valence-corrected chi connectivity index (χ0v) is 19.0. The molecule has 0 atom stereocenters. The number of nitrogens with one attached hydrogen (secondary N) is 2. The molecular weight excluding hydrogens is 451 g/mol. The molecule has 0 spiro atoms. The number of aryl methyl sites for hydroxylation is 1. The highest BCUT2D eigenvalue weighted by molar-refractivity contribution is 14.0. The van der Waals surface area contributed by atoms with Gasteiger partial charge in [-0.15, -0.1) is 24.0 Å². The standard InChI is InChI=1S/C20H32N6.HI/c1-4-25(5-2)17-19-11-7-6-10-18(19)16-23-20(21-3)22-12-8-14-26-15-9-13-24-26;/h6-7,9-11,13,15H,4-5,8,12,14,16-17H2,1-3H3,(H2,21,22,23);1H. The number of hydrogen-bond donors (Lipinski definition) is 2. The number of aliphatic imine (C=N–C) groups is 1. The third kappa shape index (κ3) is 8.30. The van der Waals surface area contributed by atoms with E-state index in [-0.39, 0.29) is 24.0 Å². The van der Waals surface area contributed by atoms with Crippen molar-refractivity contribution in [2.75, 3.05) is 26.7 Å². The molecule has 0 fully saturated rings. The second-order valence-electron chi connectivity index (χ2n) is 6.21. The van der Waals surface area contributed by atoms with Gasteiger partial charge in [0, 0.05) is 45.6 Å². The van der Waals surface area contributed by atoms with Gasteiger partial charge in [0.05, 0.1) is 0 Å². The van der Waals surface area contributed by atoms with Crippen molar-refractivity contribution in [2.24, 2.45) is 4.99 Å². The SMILES string of the molecule is CCN(CC)Cc1ccccc1CNC(=NC)NCCCn1cccn1.I. The molecule has 0 aliphatic carbocycles. The van der Waals surface area contributed by atoms with Gasteiger partial charge in [-0.05, 0) is 36.7 Å². The first-order valence-electron chi connectivity index (χ1n) is 9.47. The Bertz CT molecular complexity index is 652. The second-order valence-corrected chi connectivity index (χ2v) is 6.21. The number of halogens is 1. The maximum Gasteiger partial charge on any atom is 0.191 e. The van der Waals surface area contributed by atoms with E-state index in [4.69, 9.17) is 0 Å². The van der Waals surface area contributed by atoms with E-state index in [0.717, 1.165) is 51.6 Å². The molecule has 0 radical (unpaired) electrons. The molecule has 2 rings (SSSR count). The molecule has 0 amide bonds. The second kappa shape index (κ2) is 13.5. The van der Waals surface area contributed by atoms with Gasteiger partial charge in [-0.3, -0.25) is 14.6 Å². The van der Waals surface area contributed by atoms with Crippen LogP contribution in [0.2, 0.25) is 0 Å². The zero-order valence-electron chi connectivity index (χ0n) is 16.7. The monoisotopic (exact) mass is 484 g/mol. The van der Waals surface area contributed by atoms with Gasteiger partial charge in [-0.25, -0.2) is 0 Å². The van der Waals surface area contributed by atoms with Gasteiger partial charge >= 0.3 is 0 Å². The molecule has 0 aliphatic heterocycles. The molecule has 2 aromatic rings. The summed E-state index contributed by atoms with van der Waals surface area (Å²) in [6, 6.07) is 10.6. The van der Waals surface area contributed by atoms with Crippen molar-refractivity contribution >= 4 is 29.9 Å². The Hall–Kier alpha value is -1.61. The fourth-order valence-electron chi connectivity index (χ4n) is 2.85. The lowest BCUT2D eigenvalue weighted by molar-refractivity contribution is 0.295. The lowest BCUT2D eigenvalue weighted by atomic mass is 10.1. The molecule has 0 saturated carbocycles. The fraction of sp³-hybridized carbons (Fsp3) is 0.500. The molecule has 1 aromatic heterocycles. The summed E-state index contributed by atoms with van der Waals surface area (Å²) >= 11 is 0. The van der Waals surface area contributed by atoms with Crippen LogP contribution >= 0.6 is 24.0 Å². The third-order valence-corrected chi connectivity index (χ3v) is 4.49. The Morgan fingerprint density at radius 1 is 1.11 bits per heavy atom. The van der Waals surface area contributed by atoms with E-state index in [1.165, 1.54) is 11.1 Å². The number of hydrogen-bond acceptors (Lipinski definition) is 3. The first-order valence-corrected chi connectivity index (χ1v) is 9.47. The molecule has 0 saturated heterocycles. The van der Waals surface area contributed by atoms with Crippen molar-refractivity contribution in [3.8, 4) is 0 Å². The highest BCUT2D eigenvalue weighted by Crippen LogP contribution is 2.11. The molecular formula is C20H33IN6. The smallest absolute Gasteiger partial charge is 0.191 e. The molecule has 150 valence electrons. The molecule has 6 nitrogen and oxygen atoms in total. The van der Waals surface area contributed by atoms with E-state index in [0.29, 0.717) is 0 Å². The Morgan fingerprint density at radius 2 is 1.85 bits per heavy atom. The quantitative estimate of drug-likeness (QED) is 0.236. The Kier molecular flexibility index (Phi) is 11.8.